The van der Waals surface area contributed by atoms with Gasteiger partial charge in [-0.15, -0.1) is 0 Å². The van der Waals surface area contributed by atoms with E-state index in [1.54, 1.807) is 42.5 Å². The molecule has 1 heterocycles. The van der Waals surface area contributed by atoms with Crippen LogP contribution >= 0.6 is 11.6 Å². The summed E-state index contributed by atoms with van der Waals surface area (Å²) in [7, 11) is 0. The average Bonchev–Trinajstić information content (AvgIpc) is 3.17. The van der Waals surface area contributed by atoms with Crippen LogP contribution in [0.2, 0.25) is 5.02 Å². The number of aromatic nitrogens is 1. The van der Waals surface area contributed by atoms with Crippen LogP contribution in [0.15, 0.2) is 67.0 Å². The molecular weight excluding hydrogens is 424 g/mol. The van der Waals surface area contributed by atoms with E-state index in [4.69, 9.17) is 17.3 Å². The first-order chi connectivity index (χ1) is 14.9. The summed E-state index contributed by atoms with van der Waals surface area (Å²) in [4.78, 5) is 29.2. The number of nitrogens with two attached hydrogens (primary N) is 1. The Kier molecular flexibility index (Phi) is 7.31. The Morgan fingerprint density at radius 3 is 2.45 bits per heavy atom. The lowest BCUT2D eigenvalue weighted by Gasteiger charge is -2.29. The summed E-state index contributed by atoms with van der Waals surface area (Å²) in [5, 5.41) is 0.268. The summed E-state index contributed by atoms with van der Waals surface area (Å²) in [5.41, 5.74) is 6.96. The van der Waals surface area contributed by atoms with Crippen LogP contribution in [-0.2, 0) is 11.2 Å². The van der Waals surface area contributed by atoms with Crippen LogP contribution in [0.4, 0.5) is 8.78 Å². The monoisotopic (exact) mass is 443 g/mol. The molecule has 0 fully saturated rings. The molecule has 2 aromatic carbocycles. The van der Waals surface area contributed by atoms with Crippen molar-refractivity contribution in [3.05, 3.63) is 100 Å². The van der Waals surface area contributed by atoms with Gasteiger partial charge in [0.1, 0.15) is 18.2 Å². The van der Waals surface area contributed by atoms with Gasteiger partial charge in [-0.25, -0.2) is 8.78 Å². The fourth-order valence-electron chi connectivity index (χ4n) is 3.52. The summed E-state index contributed by atoms with van der Waals surface area (Å²) in [6.07, 6.45) is 3.71. The summed E-state index contributed by atoms with van der Waals surface area (Å²) in [5.74, 6) is -1.60. The van der Waals surface area contributed by atoms with Crippen molar-refractivity contribution >= 4 is 23.4 Å². The second-order valence-corrected chi connectivity index (χ2v) is 7.38. The Hall–Kier alpha value is -3.32. The molecule has 1 unspecified atom stereocenters. The average molecular weight is 444 g/mol. The predicted octanol–water partition coefficient (Wildman–Crippen LogP) is 4.31. The molecule has 2 amide bonds. The van der Waals surface area contributed by atoms with E-state index < -0.39 is 11.9 Å². The number of fused-ring (bicyclic) bond motifs is 1. The van der Waals surface area contributed by atoms with Gasteiger partial charge in [-0.05, 0) is 60.4 Å². The van der Waals surface area contributed by atoms with Crippen LogP contribution in [0.1, 0.15) is 33.9 Å². The van der Waals surface area contributed by atoms with Gasteiger partial charge < -0.3 is 10.6 Å². The SMILES string of the molecule is Fc1cccnc1.NC(=O)CN(C(=O)c1ccccc1)C1CCc2c(F)cc(Cl)cc21. The van der Waals surface area contributed by atoms with Crippen molar-refractivity contribution in [2.45, 2.75) is 18.9 Å². The lowest BCUT2D eigenvalue weighted by atomic mass is 10.0. The second kappa shape index (κ2) is 10.1. The first-order valence-electron chi connectivity index (χ1n) is 9.54. The van der Waals surface area contributed by atoms with Crippen molar-refractivity contribution in [3.8, 4) is 0 Å². The van der Waals surface area contributed by atoms with Crippen LogP contribution in [0.5, 0.6) is 0 Å². The van der Waals surface area contributed by atoms with Gasteiger partial charge in [-0.3, -0.25) is 14.6 Å². The zero-order valence-corrected chi connectivity index (χ0v) is 17.2. The van der Waals surface area contributed by atoms with Gasteiger partial charge in [0, 0.05) is 16.8 Å². The van der Waals surface area contributed by atoms with Gasteiger partial charge >= 0.3 is 0 Å². The maximum Gasteiger partial charge on any atom is 0.254 e. The van der Waals surface area contributed by atoms with Crippen molar-refractivity contribution in [1.82, 2.24) is 9.88 Å². The van der Waals surface area contributed by atoms with Crippen molar-refractivity contribution in [2.24, 2.45) is 5.73 Å². The standard InChI is InChI=1S/C18H16ClFN2O2.C5H4FN/c19-12-8-14-13(15(20)9-12)6-7-16(14)22(10-17(21)23)18(24)11-4-2-1-3-5-11;6-5-2-1-3-7-4-5/h1-5,8-9,16H,6-7,10H2,(H2,21,23);1-4H. The molecule has 0 bridgehead atoms. The van der Waals surface area contributed by atoms with Crippen molar-refractivity contribution in [3.63, 3.8) is 0 Å². The van der Waals surface area contributed by atoms with E-state index in [-0.39, 0.29) is 29.1 Å². The minimum Gasteiger partial charge on any atom is -0.368 e. The molecule has 0 saturated carbocycles. The third-order valence-electron chi connectivity index (χ3n) is 4.83. The van der Waals surface area contributed by atoms with E-state index in [0.717, 1.165) is 0 Å². The third kappa shape index (κ3) is 5.64. The molecule has 2 N–H and O–H groups in total. The van der Waals surface area contributed by atoms with Gasteiger partial charge in [0.25, 0.3) is 5.91 Å². The largest absolute Gasteiger partial charge is 0.368 e. The van der Waals surface area contributed by atoms with Gasteiger partial charge in [0.15, 0.2) is 0 Å². The smallest absolute Gasteiger partial charge is 0.254 e. The zero-order chi connectivity index (χ0) is 22.4. The van der Waals surface area contributed by atoms with Crippen molar-refractivity contribution in [1.29, 1.82) is 0 Å². The topological polar surface area (TPSA) is 76.3 Å². The normalized spacial score (nSPS) is 14.2. The maximum absolute atomic E-state index is 14.1. The first kappa shape index (κ1) is 22.4. The number of primary amides is 1. The molecule has 0 saturated heterocycles. The predicted molar refractivity (Wildman–Crippen MR) is 113 cm³/mol. The van der Waals surface area contributed by atoms with E-state index >= 15 is 0 Å². The van der Waals surface area contributed by atoms with Crippen molar-refractivity contribution < 1.29 is 18.4 Å². The summed E-state index contributed by atoms with van der Waals surface area (Å²) in [6, 6.07) is 14.0. The van der Waals surface area contributed by atoms with Gasteiger partial charge in [0.05, 0.1) is 12.2 Å². The highest BCUT2D eigenvalue weighted by Gasteiger charge is 2.34. The van der Waals surface area contributed by atoms with Crippen LogP contribution < -0.4 is 5.73 Å². The molecule has 1 aromatic heterocycles. The lowest BCUT2D eigenvalue weighted by Crippen LogP contribution is -2.40. The molecule has 4 rings (SSSR count). The number of rotatable bonds is 4. The molecular formula is C23H20ClF2N3O2. The minimum atomic E-state index is -0.616. The molecule has 0 spiro atoms. The van der Waals surface area contributed by atoms with Crippen LogP contribution in [-0.4, -0.2) is 28.2 Å². The number of benzene rings is 2. The molecule has 160 valence electrons. The molecule has 1 aliphatic rings. The number of hydrogen-bond acceptors (Lipinski definition) is 3. The Labute approximate surface area is 183 Å². The van der Waals surface area contributed by atoms with Gasteiger partial charge in [-0.1, -0.05) is 29.8 Å². The zero-order valence-electron chi connectivity index (χ0n) is 16.5. The number of hydrogen-bond donors (Lipinski definition) is 1. The highest BCUT2D eigenvalue weighted by molar-refractivity contribution is 6.30. The number of carbonyl (C=O) groups is 2. The van der Waals surface area contributed by atoms with E-state index in [0.29, 0.717) is 29.5 Å². The fourth-order valence-corrected chi connectivity index (χ4v) is 3.74. The minimum absolute atomic E-state index is 0.230. The number of halogens is 3. The quantitative estimate of drug-likeness (QED) is 0.652. The highest BCUT2D eigenvalue weighted by atomic mass is 35.5. The summed E-state index contributed by atoms with van der Waals surface area (Å²) < 4.78 is 25.9. The molecule has 1 atom stereocenters. The van der Waals surface area contributed by atoms with E-state index in [2.05, 4.69) is 4.98 Å². The lowest BCUT2D eigenvalue weighted by molar-refractivity contribution is -0.119. The molecule has 5 nitrogen and oxygen atoms in total. The summed E-state index contributed by atoms with van der Waals surface area (Å²) >= 11 is 5.97. The van der Waals surface area contributed by atoms with Crippen LogP contribution in [0.3, 0.4) is 0 Å². The maximum atomic E-state index is 14.1. The molecule has 0 radical (unpaired) electrons. The Morgan fingerprint density at radius 1 is 1.13 bits per heavy atom. The van der Waals surface area contributed by atoms with Gasteiger partial charge in [0.2, 0.25) is 5.91 Å². The number of nitrogens with zero attached hydrogens (tertiary/aromatic N) is 2. The molecule has 31 heavy (non-hydrogen) atoms. The Morgan fingerprint density at radius 2 is 1.87 bits per heavy atom. The molecule has 8 heteroatoms. The van der Waals surface area contributed by atoms with E-state index in [1.807, 2.05) is 0 Å². The summed E-state index contributed by atoms with van der Waals surface area (Å²) in [6.45, 7) is -0.230. The third-order valence-corrected chi connectivity index (χ3v) is 5.05. The van der Waals surface area contributed by atoms with E-state index in [9.17, 15) is 18.4 Å². The highest BCUT2D eigenvalue weighted by Crippen LogP contribution is 2.39. The molecule has 1 aliphatic carbocycles. The number of carbonyl (C=O) groups excluding carboxylic acids is 2. The first-order valence-corrected chi connectivity index (χ1v) is 9.92. The number of pyridine rings is 1. The Balaban J connectivity index is 0.000000330. The number of amides is 2. The molecule has 0 aliphatic heterocycles. The van der Waals surface area contributed by atoms with Crippen molar-refractivity contribution in [2.75, 3.05) is 6.54 Å². The Bertz CT molecular complexity index is 1070. The van der Waals surface area contributed by atoms with Gasteiger partial charge in [-0.2, -0.15) is 0 Å². The molecule has 3 aromatic rings. The fraction of sp³-hybridized carbons (Fsp3) is 0.174. The second-order valence-electron chi connectivity index (χ2n) is 6.95. The van der Waals surface area contributed by atoms with E-state index in [1.165, 1.54) is 29.4 Å². The van der Waals surface area contributed by atoms with Crippen LogP contribution in [0.25, 0.3) is 0 Å². The van der Waals surface area contributed by atoms with Crippen LogP contribution in [0, 0.1) is 11.6 Å².